The number of hydrogen-bond donors (Lipinski definition) is 3. The Labute approximate surface area is 104 Å². The van der Waals surface area contributed by atoms with Crippen LogP contribution in [0.15, 0.2) is 12.1 Å². The highest BCUT2D eigenvalue weighted by atomic mass is 16.3. The van der Waals surface area contributed by atoms with Crippen LogP contribution < -0.4 is 11.1 Å². The van der Waals surface area contributed by atoms with Crippen molar-refractivity contribution >= 4 is 0 Å². The minimum Gasteiger partial charge on any atom is -0.390 e. The minimum absolute atomic E-state index is 0.315. The molecule has 0 radical (unpaired) electrons. The van der Waals surface area contributed by atoms with Gasteiger partial charge in [0.15, 0.2) is 0 Å². The second-order valence-corrected chi connectivity index (χ2v) is 4.72. The lowest BCUT2D eigenvalue weighted by molar-refractivity contribution is 0.180. The molecule has 0 saturated carbocycles. The first-order chi connectivity index (χ1) is 8.04. The second-order valence-electron chi connectivity index (χ2n) is 4.72. The van der Waals surface area contributed by atoms with E-state index in [-0.39, 0.29) is 0 Å². The Bertz CT molecular complexity index is 340. The van der Waals surface area contributed by atoms with Crippen LogP contribution in [0.5, 0.6) is 0 Å². The largest absolute Gasteiger partial charge is 0.390 e. The fourth-order valence-corrected chi connectivity index (χ4v) is 2.17. The predicted octanol–water partition coefficient (Wildman–Crippen LogP) is 1.06. The molecule has 1 aromatic carbocycles. The zero-order valence-corrected chi connectivity index (χ0v) is 11.1. The van der Waals surface area contributed by atoms with E-state index in [1.807, 2.05) is 0 Å². The monoisotopic (exact) mass is 236 g/mol. The molecular weight excluding hydrogens is 212 g/mol. The summed E-state index contributed by atoms with van der Waals surface area (Å²) in [5.41, 5.74) is 10.8. The smallest absolute Gasteiger partial charge is 0.0786 e. The van der Waals surface area contributed by atoms with E-state index in [1.165, 1.54) is 22.3 Å². The van der Waals surface area contributed by atoms with Gasteiger partial charge in [-0.15, -0.1) is 0 Å². The van der Waals surface area contributed by atoms with Crippen molar-refractivity contribution in [3.63, 3.8) is 0 Å². The van der Waals surface area contributed by atoms with Crippen LogP contribution in [0, 0.1) is 20.8 Å². The highest BCUT2D eigenvalue weighted by molar-refractivity contribution is 5.37. The average molecular weight is 236 g/mol. The molecule has 1 atom stereocenters. The molecule has 96 valence electrons. The zero-order chi connectivity index (χ0) is 12.8. The molecular formula is C14H24N2O. The molecule has 3 nitrogen and oxygen atoms in total. The lowest BCUT2D eigenvalue weighted by Gasteiger charge is -2.13. The van der Waals surface area contributed by atoms with Crippen molar-refractivity contribution in [2.45, 2.75) is 33.3 Å². The van der Waals surface area contributed by atoms with Crippen molar-refractivity contribution in [1.82, 2.24) is 5.32 Å². The van der Waals surface area contributed by atoms with Gasteiger partial charge in [-0.3, -0.25) is 0 Å². The summed E-state index contributed by atoms with van der Waals surface area (Å²) < 4.78 is 0. The molecule has 0 aliphatic rings. The van der Waals surface area contributed by atoms with Crippen molar-refractivity contribution in [3.05, 3.63) is 34.4 Å². The lowest BCUT2D eigenvalue weighted by Crippen LogP contribution is -2.33. The fraction of sp³-hybridized carbons (Fsp3) is 0.571. The summed E-state index contributed by atoms with van der Waals surface area (Å²) in [5, 5.41) is 12.5. The van der Waals surface area contributed by atoms with Crippen molar-refractivity contribution in [2.24, 2.45) is 5.73 Å². The van der Waals surface area contributed by atoms with Gasteiger partial charge in [-0.25, -0.2) is 0 Å². The van der Waals surface area contributed by atoms with Crippen LogP contribution in [0.1, 0.15) is 22.3 Å². The maximum absolute atomic E-state index is 9.31. The van der Waals surface area contributed by atoms with Gasteiger partial charge in [-0.1, -0.05) is 17.7 Å². The molecule has 0 aliphatic carbocycles. The summed E-state index contributed by atoms with van der Waals surface area (Å²) in [5.74, 6) is 0. The van der Waals surface area contributed by atoms with E-state index in [2.05, 4.69) is 38.2 Å². The molecule has 0 spiro atoms. The van der Waals surface area contributed by atoms with Gasteiger partial charge >= 0.3 is 0 Å². The number of rotatable bonds is 6. The third kappa shape index (κ3) is 4.46. The summed E-state index contributed by atoms with van der Waals surface area (Å²) in [6.07, 6.45) is 0.560. The van der Waals surface area contributed by atoms with Gasteiger partial charge in [-0.05, 0) is 50.4 Å². The van der Waals surface area contributed by atoms with Gasteiger partial charge in [-0.2, -0.15) is 0 Å². The molecule has 0 heterocycles. The van der Waals surface area contributed by atoms with Gasteiger partial charge in [0.05, 0.1) is 6.10 Å². The SMILES string of the molecule is Cc1cc(C)c(CCNCC(O)CN)c(C)c1. The average Bonchev–Trinajstić information content (AvgIpc) is 2.26. The predicted molar refractivity (Wildman–Crippen MR) is 72.3 cm³/mol. The normalized spacial score (nSPS) is 12.8. The van der Waals surface area contributed by atoms with Gasteiger partial charge in [0, 0.05) is 13.1 Å². The van der Waals surface area contributed by atoms with Crippen molar-refractivity contribution < 1.29 is 5.11 Å². The van der Waals surface area contributed by atoms with Crippen molar-refractivity contribution in [3.8, 4) is 0 Å². The maximum atomic E-state index is 9.31. The van der Waals surface area contributed by atoms with Gasteiger partial charge in [0.2, 0.25) is 0 Å². The lowest BCUT2D eigenvalue weighted by atomic mass is 9.97. The highest BCUT2D eigenvalue weighted by Gasteiger charge is 2.04. The number of hydrogen-bond acceptors (Lipinski definition) is 3. The molecule has 1 aromatic rings. The molecule has 0 bridgehead atoms. The number of aliphatic hydroxyl groups is 1. The van der Waals surface area contributed by atoms with Crippen LogP contribution in [0.4, 0.5) is 0 Å². The van der Waals surface area contributed by atoms with Crippen molar-refractivity contribution in [1.29, 1.82) is 0 Å². The van der Waals surface area contributed by atoms with Gasteiger partial charge < -0.3 is 16.2 Å². The topological polar surface area (TPSA) is 58.3 Å². The first kappa shape index (κ1) is 14.2. The van der Waals surface area contributed by atoms with Crippen LogP contribution in [0.3, 0.4) is 0 Å². The molecule has 0 aromatic heterocycles. The summed E-state index contributed by atoms with van der Waals surface area (Å²) in [4.78, 5) is 0. The second kappa shape index (κ2) is 6.74. The van der Waals surface area contributed by atoms with Gasteiger partial charge in [0.1, 0.15) is 0 Å². The molecule has 0 saturated heterocycles. The summed E-state index contributed by atoms with van der Waals surface area (Å²) >= 11 is 0. The highest BCUT2D eigenvalue weighted by Crippen LogP contribution is 2.16. The standard InChI is InChI=1S/C14H24N2O/c1-10-6-11(2)14(12(3)7-10)4-5-16-9-13(17)8-15/h6-7,13,16-17H,4-5,8-9,15H2,1-3H3. The Kier molecular flexibility index (Phi) is 5.62. The molecule has 17 heavy (non-hydrogen) atoms. The minimum atomic E-state index is -0.435. The molecule has 3 heteroatoms. The third-order valence-electron chi connectivity index (χ3n) is 3.04. The quantitative estimate of drug-likeness (QED) is 0.647. The summed E-state index contributed by atoms with van der Waals surface area (Å²) in [6.45, 7) is 8.20. The van der Waals surface area contributed by atoms with Gasteiger partial charge in [0.25, 0.3) is 0 Å². The number of nitrogens with two attached hydrogens (primary N) is 1. The first-order valence-electron chi connectivity index (χ1n) is 6.20. The van der Waals surface area contributed by atoms with Crippen molar-refractivity contribution in [2.75, 3.05) is 19.6 Å². The Balaban J connectivity index is 2.47. The number of aryl methyl sites for hydroxylation is 3. The maximum Gasteiger partial charge on any atom is 0.0786 e. The molecule has 0 fully saturated rings. The van der Waals surface area contributed by atoms with Crippen LogP contribution in [-0.4, -0.2) is 30.8 Å². The summed E-state index contributed by atoms with van der Waals surface area (Å²) in [7, 11) is 0. The van der Waals surface area contributed by atoms with E-state index < -0.39 is 6.10 Å². The van der Waals surface area contributed by atoms with E-state index >= 15 is 0 Å². The Morgan fingerprint density at radius 3 is 2.35 bits per heavy atom. The Morgan fingerprint density at radius 1 is 1.24 bits per heavy atom. The number of nitrogens with one attached hydrogen (secondary N) is 1. The fourth-order valence-electron chi connectivity index (χ4n) is 2.17. The Morgan fingerprint density at radius 2 is 1.82 bits per heavy atom. The van der Waals surface area contributed by atoms with Crippen LogP contribution in [0.25, 0.3) is 0 Å². The van der Waals surface area contributed by atoms with Crippen LogP contribution in [-0.2, 0) is 6.42 Å². The third-order valence-corrected chi connectivity index (χ3v) is 3.04. The molecule has 0 aliphatic heterocycles. The zero-order valence-electron chi connectivity index (χ0n) is 11.1. The number of benzene rings is 1. The van der Waals surface area contributed by atoms with E-state index in [4.69, 9.17) is 5.73 Å². The molecule has 1 unspecified atom stereocenters. The van der Waals surface area contributed by atoms with E-state index in [0.29, 0.717) is 13.1 Å². The molecule has 4 N–H and O–H groups in total. The molecule has 1 rings (SSSR count). The number of aliphatic hydroxyl groups excluding tert-OH is 1. The summed E-state index contributed by atoms with van der Waals surface area (Å²) in [6, 6.07) is 4.44. The van der Waals surface area contributed by atoms with E-state index in [1.54, 1.807) is 0 Å². The van der Waals surface area contributed by atoms with E-state index in [0.717, 1.165) is 13.0 Å². The first-order valence-corrected chi connectivity index (χ1v) is 6.20. The van der Waals surface area contributed by atoms with Crippen LogP contribution >= 0.6 is 0 Å². The van der Waals surface area contributed by atoms with Crippen LogP contribution in [0.2, 0.25) is 0 Å². The van der Waals surface area contributed by atoms with E-state index in [9.17, 15) is 5.11 Å². The Hall–Kier alpha value is -0.900. The molecule has 0 amide bonds.